The molecule has 0 saturated carbocycles. The van der Waals surface area contributed by atoms with Gasteiger partial charge in [-0.05, 0) is 79.7 Å². The molecule has 0 bridgehead atoms. The topological polar surface area (TPSA) is 51.2 Å². The fraction of sp³-hybridized carbons (Fsp3) is 0.545. The van der Waals surface area contributed by atoms with Crippen molar-refractivity contribution in [3.05, 3.63) is 58.7 Å². The van der Waals surface area contributed by atoms with Gasteiger partial charge < -0.3 is 0 Å². The molecule has 0 N–H and O–H groups in total. The van der Waals surface area contributed by atoms with Crippen LogP contribution in [-0.2, 0) is 16.0 Å². The van der Waals surface area contributed by atoms with Crippen LogP contribution in [0, 0.1) is 31.6 Å². The smallest absolute Gasteiger partial charge is 0.163 e. The second-order valence-electron chi connectivity index (χ2n) is 10.6. The molecule has 0 amide bonds. The van der Waals surface area contributed by atoms with E-state index in [9.17, 15) is 14.4 Å². The van der Waals surface area contributed by atoms with Crippen molar-refractivity contribution in [3.63, 3.8) is 0 Å². The van der Waals surface area contributed by atoms with Crippen molar-refractivity contribution in [3.8, 4) is 11.1 Å². The van der Waals surface area contributed by atoms with E-state index in [4.69, 9.17) is 0 Å². The quantitative estimate of drug-likeness (QED) is 0.314. The molecule has 0 aromatic heterocycles. The highest BCUT2D eigenvalue weighted by molar-refractivity contribution is 6.02. The highest BCUT2D eigenvalue weighted by Crippen LogP contribution is 2.40. The van der Waals surface area contributed by atoms with E-state index >= 15 is 0 Å². The molecule has 0 heterocycles. The van der Waals surface area contributed by atoms with Crippen molar-refractivity contribution >= 4 is 17.3 Å². The Bertz CT molecular complexity index is 1030. The number of carbonyl (C=O) groups excluding carboxylic acids is 3. The second-order valence-corrected chi connectivity index (χ2v) is 10.6. The van der Waals surface area contributed by atoms with E-state index in [0.29, 0.717) is 6.42 Å². The molecular weight excluding hydrogens is 444 g/mol. The first-order valence-electron chi connectivity index (χ1n) is 13.9. The third-order valence-electron chi connectivity index (χ3n) is 7.43. The third-order valence-corrected chi connectivity index (χ3v) is 7.43. The van der Waals surface area contributed by atoms with Gasteiger partial charge in [-0.15, -0.1) is 0 Å². The first kappa shape index (κ1) is 29.7. The summed E-state index contributed by atoms with van der Waals surface area (Å²) < 4.78 is 0. The molecule has 3 rings (SSSR count). The lowest BCUT2D eigenvalue weighted by Gasteiger charge is -2.33. The molecule has 0 spiro atoms. The predicted octanol–water partition coefficient (Wildman–Crippen LogP) is 8.51. The van der Waals surface area contributed by atoms with Crippen LogP contribution in [0.15, 0.2) is 36.4 Å². The summed E-state index contributed by atoms with van der Waals surface area (Å²) in [5.41, 5.74) is 6.66. The van der Waals surface area contributed by atoms with Crippen molar-refractivity contribution in [1.82, 2.24) is 0 Å². The highest BCUT2D eigenvalue weighted by atomic mass is 16.1. The summed E-state index contributed by atoms with van der Waals surface area (Å²) in [6.07, 6.45) is 6.26. The molecule has 1 aliphatic carbocycles. The first-order valence-corrected chi connectivity index (χ1v) is 13.9. The summed E-state index contributed by atoms with van der Waals surface area (Å²) in [5.74, 6) is 0.594. The lowest BCUT2D eigenvalue weighted by molar-refractivity contribution is -0.129. The zero-order valence-corrected chi connectivity index (χ0v) is 23.6. The molecule has 3 heteroatoms. The maximum Gasteiger partial charge on any atom is 0.163 e. The van der Waals surface area contributed by atoms with Crippen LogP contribution in [0.3, 0.4) is 0 Å². The van der Waals surface area contributed by atoms with E-state index < -0.39 is 0 Å². The molecule has 3 unspecified atom stereocenters. The van der Waals surface area contributed by atoms with Gasteiger partial charge >= 0.3 is 0 Å². The van der Waals surface area contributed by atoms with Gasteiger partial charge in [0, 0.05) is 17.9 Å². The average molecular weight is 491 g/mol. The van der Waals surface area contributed by atoms with E-state index in [2.05, 4.69) is 52.8 Å². The Labute approximate surface area is 219 Å². The van der Waals surface area contributed by atoms with Crippen LogP contribution in [0.25, 0.3) is 11.1 Å². The molecule has 2 aromatic carbocycles. The molecule has 0 radical (unpaired) electrons. The second kappa shape index (κ2) is 14.3. The van der Waals surface area contributed by atoms with Crippen LogP contribution in [0.5, 0.6) is 0 Å². The third kappa shape index (κ3) is 7.48. The molecule has 3 atom stereocenters. The number of fused-ring (bicyclic) bond motifs is 1. The number of carbonyl (C=O) groups is 3. The van der Waals surface area contributed by atoms with Crippen LogP contribution in [-0.4, -0.2) is 17.3 Å². The zero-order valence-electron chi connectivity index (χ0n) is 23.6. The van der Waals surface area contributed by atoms with E-state index in [1.807, 2.05) is 25.1 Å². The van der Waals surface area contributed by atoms with E-state index in [-0.39, 0.29) is 41.5 Å². The normalized spacial score (nSPS) is 16.4. The first-order chi connectivity index (χ1) is 17.2. The van der Waals surface area contributed by atoms with E-state index in [1.165, 1.54) is 24.5 Å². The molecule has 3 nitrogen and oxygen atoms in total. The molecule has 1 aliphatic rings. The Morgan fingerprint density at radius 1 is 1.00 bits per heavy atom. The van der Waals surface area contributed by atoms with Gasteiger partial charge in [0.05, 0.1) is 6.42 Å². The SMILES string of the molecule is CCC.CCCC(CC1CC(=O)c2c(C)c(C)cc(-c3ccccc3)c2C1)C(CC)C(=O)CC(C)=O. The number of benzene rings is 2. The molecule has 0 saturated heterocycles. The average Bonchev–Trinajstić information content (AvgIpc) is 2.82. The van der Waals surface area contributed by atoms with Crippen molar-refractivity contribution in [2.75, 3.05) is 0 Å². The van der Waals surface area contributed by atoms with Crippen molar-refractivity contribution in [1.29, 1.82) is 0 Å². The highest BCUT2D eigenvalue weighted by Gasteiger charge is 2.34. The number of Topliss-reactive ketones (excluding diaryl/α,β-unsaturated/α-hetero) is 3. The summed E-state index contributed by atoms with van der Waals surface area (Å²) in [5, 5.41) is 0. The molecular formula is C33H46O3. The van der Waals surface area contributed by atoms with E-state index in [0.717, 1.165) is 54.4 Å². The van der Waals surface area contributed by atoms with Gasteiger partial charge in [0.1, 0.15) is 11.6 Å². The zero-order chi connectivity index (χ0) is 26.8. The summed E-state index contributed by atoms with van der Waals surface area (Å²) in [6, 6.07) is 12.6. The number of hydrogen-bond acceptors (Lipinski definition) is 3. The Morgan fingerprint density at radius 3 is 2.19 bits per heavy atom. The van der Waals surface area contributed by atoms with Crippen LogP contribution in [0.2, 0.25) is 0 Å². The monoisotopic (exact) mass is 490 g/mol. The van der Waals surface area contributed by atoms with Gasteiger partial charge in [-0.25, -0.2) is 0 Å². The summed E-state index contributed by atoms with van der Waals surface area (Å²) in [6.45, 7) is 14.1. The lowest BCUT2D eigenvalue weighted by Crippen LogP contribution is -2.30. The van der Waals surface area contributed by atoms with Gasteiger partial charge in [-0.1, -0.05) is 83.4 Å². The molecule has 0 fully saturated rings. The summed E-state index contributed by atoms with van der Waals surface area (Å²) in [7, 11) is 0. The maximum absolute atomic E-state index is 13.4. The van der Waals surface area contributed by atoms with Gasteiger partial charge in [0.15, 0.2) is 5.78 Å². The van der Waals surface area contributed by atoms with Gasteiger partial charge in [0.25, 0.3) is 0 Å². The molecule has 0 aliphatic heterocycles. The molecule has 2 aromatic rings. The fourth-order valence-electron chi connectivity index (χ4n) is 5.81. The maximum atomic E-state index is 13.4. The standard InChI is InChI=1S/C30H38O3.C3H8/c1-6-11-24(25(7-2)28(32)15-20(4)31)16-22-17-27-26(23-12-9-8-10-13-23)14-19(3)21(5)30(27)29(33)18-22;1-3-2/h8-10,12-14,22,24-25H,6-7,11,15-18H2,1-5H3;3H2,1-2H3. The van der Waals surface area contributed by atoms with Crippen molar-refractivity contribution in [2.45, 2.75) is 99.8 Å². The summed E-state index contributed by atoms with van der Waals surface area (Å²) >= 11 is 0. The number of hydrogen-bond donors (Lipinski definition) is 0. The van der Waals surface area contributed by atoms with Crippen molar-refractivity contribution < 1.29 is 14.4 Å². The minimum atomic E-state index is -0.0984. The number of aryl methyl sites for hydroxylation is 1. The van der Waals surface area contributed by atoms with Gasteiger partial charge in [-0.3, -0.25) is 14.4 Å². The Hall–Kier alpha value is -2.55. The minimum absolute atomic E-state index is 0.0295. The Kier molecular flexibility index (Phi) is 11.8. The predicted molar refractivity (Wildman–Crippen MR) is 151 cm³/mol. The van der Waals surface area contributed by atoms with Crippen LogP contribution < -0.4 is 0 Å². The Morgan fingerprint density at radius 2 is 1.64 bits per heavy atom. The molecule has 36 heavy (non-hydrogen) atoms. The number of rotatable bonds is 10. The number of ketones is 3. The summed E-state index contributed by atoms with van der Waals surface area (Å²) in [4.78, 5) is 37.8. The largest absolute Gasteiger partial charge is 0.300 e. The van der Waals surface area contributed by atoms with Crippen LogP contribution in [0.1, 0.15) is 107 Å². The van der Waals surface area contributed by atoms with Crippen molar-refractivity contribution in [2.24, 2.45) is 17.8 Å². The van der Waals surface area contributed by atoms with Crippen LogP contribution in [0.4, 0.5) is 0 Å². The molecule has 196 valence electrons. The van der Waals surface area contributed by atoms with Gasteiger partial charge in [-0.2, -0.15) is 0 Å². The van der Waals surface area contributed by atoms with E-state index in [1.54, 1.807) is 0 Å². The lowest BCUT2D eigenvalue weighted by atomic mass is 9.70. The van der Waals surface area contributed by atoms with Gasteiger partial charge in [0.2, 0.25) is 0 Å². The minimum Gasteiger partial charge on any atom is -0.300 e. The Balaban J connectivity index is 0.00000145. The fourth-order valence-corrected chi connectivity index (χ4v) is 5.81. The van der Waals surface area contributed by atoms with Crippen LogP contribution >= 0.6 is 0 Å².